The molecule has 0 aliphatic carbocycles. The third kappa shape index (κ3) is 2.18. The summed E-state index contributed by atoms with van der Waals surface area (Å²) in [6, 6.07) is 9.27. The summed E-state index contributed by atoms with van der Waals surface area (Å²) in [6.07, 6.45) is 1.41. The van der Waals surface area contributed by atoms with Crippen molar-refractivity contribution in [3.8, 4) is 17.6 Å². The van der Waals surface area contributed by atoms with Crippen LogP contribution in [0.25, 0.3) is 16.9 Å². The number of hydrogen-bond donors (Lipinski definition) is 0. The summed E-state index contributed by atoms with van der Waals surface area (Å²) in [7, 11) is 1.53. The molecule has 2 aromatic heterocycles. The Morgan fingerprint density at radius 2 is 2.24 bits per heavy atom. The lowest BCUT2D eigenvalue weighted by molar-refractivity contribution is 0.401. The molecule has 0 atom stereocenters. The smallest absolute Gasteiger partial charge is 0.245 e. The molecule has 0 amide bonds. The van der Waals surface area contributed by atoms with Crippen LogP contribution in [0.2, 0.25) is 0 Å². The lowest BCUT2D eigenvalue weighted by atomic mass is 10.2. The van der Waals surface area contributed by atoms with Crippen LogP contribution in [0.3, 0.4) is 0 Å². The van der Waals surface area contributed by atoms with Crippen molar-refractivity contribution in [1.82, 2.24) is 19.5 Å². The van der Waals surface area contributed by atoms with E-state index in [1.807, 2.05) is 6.07 Å². The summed E-state index contributed by atoms with van der Waals surface area (Å²) in [6.45, 7) is 0. The maximum atomic E-state index is 9.03. The summed E-state index contributed by atoms with van der Waals surface area (Å²) in [5.41, 5.74) is 2.45. The van der Waals surface area contributed by atoms with E-state index in [1.165, 1.54) is 13.4 Å². The molecule has 0 unspecified atom stereocenters. The number of nitrogens with zero attached hydrogens (tertiary/aromatic N) is 5. The molecule has 0 fully saturated rings. The lowest BCUT2D eigenvalue weighted by Gasteiger charge is -2.07. The fourth-order valence-electron chi connectivity index (χ4n) is 2.14. The number of aromatic nitrogens is 4. The van der Waals surface area contributed by atoms with E-state index in [4.69, 9.17) is 21.6 Å². The first-order valence-electron chi connectivity index (χ1n) is 6.11. The maximum absolute atomic E-state index is 9.03. The standard InChI is InChI=1S/C14H10ClN5O/c1-21-14-12-13(17-8-18-14)20(11(6-15)19-12)10-4-2-3-9(5-10)7-16/h2-5,8H,6H2,1H3. The Labute approximate surface area is 125 Å². The summed E-state index contributed by atoms with van der Waals surface area (Å²) < 4.78 is 7.00. The molecular formula is C14H10ClN5O. The molecule has 0 saturated carbocycles. The number of ether oxygens (including phenoxy) is 1. The molecule has 0 bridgehead atoms. The molecule has 3 rings (SSSR count). The molecule has 2 heterocycles. The van der Waals surface area contributed by atoms with E-state index in [9.17, 15) is 0 Å². The number of nitriles is 1. The lowest BCUT2D eigenvalue weighted by Crippen LogP contribution is -2.01. The van der Waals surface area contributed by atoms with Gasteiger partial charge in [-0.3, -0.25) is 4.57 Å². The van der Waals surface area contributed by atoms with Crippen molar-refractivity contribution in [1.29, 1.82) is 5.26 Å². The van der Waals surface area contributed by atoms with Gasteiger partial charge in [-0.15, -0.1) is 11.6 Å². The van der Waals surface area contributed by atoms with Gasteiger partial charge in [0.15, 0.2) is 11.2 Å². The highest BCUT2D eigenvalue weighted by molar-refractivity contribution is 6.17. The highest BCUT2D eigenvalue weighted by atomic mass is 35.5. The zero-order valence-corrected chi connectivity index (χ0v) is 11.9. The molecule has 0 aliphatic heterocycles. The predicted molar refractivity (Wildman–Crippen MR) is 77.5 cm³/mol. The molecule has 0 spiro atoms. The highest BCUT2D eigenvalue weighted by Crippen LogP contribution is 2.26. The second kappa shape index (κ2) is 5.38. The molecule has 3 aromatic rings. The van der Waals surface area contributed by atoms with E-state index in [0.29, 0.717) is 28.4 Å². The zero-order chi connectivity index (χ0) is 14.8. The van der Waals surface area contributed by atoms with E-state index >= 15 is 0 Å². The first-order chi connectivity index (χ1) is 10.3. The second-order valence-corrected chi connectivity index (χ2v) is 4.48. The van der Waals surface area contributed by atoms with Crippen molar-refractivity contribution >= 4 is 22.8 Å². The average molecular weight is 300 g/mol. The van der Waals surface area contributed by atoms with Crippen LogP contribution in [0, 0.1) is 11.3 Å². The van der Waals surface area contributed by atoms with Crippen molar-refractivity contribution in [2.24, 2.45) is 0 Å². The third-order valence-corrected chi connectivity index (χ3v) is 3.27. The minimum Gasteiger partial charge on any atom is -0.479 e. The van der Waals surface area contributed by atoms with Crippen LogP contribution in [0.5, 0.6) is 5.88 Å². The fourth-order valence-corrected chi connectivity index (χ4v) is 2.32. The largest absolute Gasteiger partial charge is 0.479 e. The van der Waals surface area contributed by atoms with Crippen molar-refractivity contribution < 1.29 is 4.74 Å². The van der Waals surface area contributed by atoms with Gasteiger partial charge < -0.3 is 4.74 Å². The van der Waals surface area contributed by atoms with Gasteiger partial charge in [0.05, 0.1) is 30.3 Å². The van der Waals surface area contributed by atoms with Gasteiger partial charge in [0.2, 0.25) is 5.88 Å². The normalized spacial score (nSPS) is 10.5. The Balaban J connectivity index is 2.33. The van der Waals surface area contributed by atoms with Crippen molar-refractivity contribution in [2.45, 2.75) is 5.88 Å². The Morgan fingerprint density at radius 3 is 2.95 bits per heavy atom. The third-order valence-electron chi connectivity index (χ3n) is 3.03. The average Bonchev–Trinajstić information content (AvgIpc) is 2.93. The Kier molecular flexibility index (Phi) is 3.42. The van der Waals surface area contributed by atoms with Gasteiger partial charge in [0, 0.05) is 0 Å². The monoisotopic (exact) mass is 299 g/mol. The number of alkyl halides is 1. The maximum Gasteiger partial charge on any atom is 0.245 e. The Bertz CT molecular complexity index is 852. The van der Waals surface area contributed by atoms with E-state index in [1.54, 1.807) is 22.8 Å². The van der Waals surface area contributed by atoms with Crippen LogP contribution in [0.1, 0.15) is 11.4 Å². The molecule has 7 heteroatoms. The topological polar surface area (TPSA) is 76.6 Å². The molecule has 104 valence electrons. The Hall–Kier alpha value is -2.65. The van der Waals surface area contributed by atoms with Gasteiger partial charge in [0.1, 0.15) is 12.2 Å². The number of benzene rings is 1. The summed E-state index contributed by atoms with van der Waals surface area (Å²) in [4.78, 5) is 12.7. The van der Waals surface area contributed by atoms with Gasteiger partial charge >= 0.3 is 0 Å². The Morgan fingerprint density at radius 1 is 1.38 bits per heavy atom. The van der Waals surface area contributed by atoms with Crippen molar-refractivity contribution in [3.05, 3.63) is 42.0 Å². The summed E-state index contributed by atoms with van der Waals surface area (Å²) in [5, 5.41) is 9.03. The number of imidazole rings is 1. The molecule has 1 aromatic carbocycles. The first-order valence-corrected chi connectivity index (χ1v) is 6.64. The summed E-state index contributed by atoms with van der Waals surface area (Å²) in [5.74, 6) is 1.21. The van der Waals surface area contributed by atoms with Gasteiger partial charge in [0.25, 0.3) is 0 Å². The van der Waals surface area contributed by atoms with Crippen LogP contribution in [-0.2, 0) is 5.88 Å². The molecule has 6 nitrogen and oxygen atoms in total. The van der Waals surface area contributed by atoms with Crippen molar-refractivity contribution in [2.75, 3.05) is 7.11 Å². The molecule has 0 saturated heterocycles. The van der Waals surface area contributed by atoms with Crippen LogP contribution >= 0.6 is 11.6 Å². The number of halogens is 1. The number of fused-ring (bicyclic) bond motifs is 1. The van der Waals surface area contributed by atoms with Crippen molar-refractivity contribution in [3.63, 3.8) is 0 Å². The molecule has 0 aliphatic rings. The second-order valence-electron chi connectivity index (χ2n) is 4.21. The minimum atomic E-state index is 0.205. The SMILES string of the molecule is COc1ncnc2c1nc(CCl)n2-c1cccc(C#N)c1. The number of methoxy groups -OCH3 is 1. The van der Waals surface area contributed by atoms with Crippen LogP contribution in [0.15, 0.2) is 30.6 Å². The van der Waals surface area contributed by atoms with Gasteiger partial charge in [-0.1, -0.05) is 6.07 Å². The highest BCUT2D eigenvalue weighted by Gasteiger charge is 2.17. The number of hydrogen-bond acceptors (Lipinski definition) is 5. The van der Waals surface area contributed by atoms with Gasteiger partial charge in [-0.25, -0.2) is 9.97 Å². The van der Waals surface area contributed by atoms with Crippen LogP contribution < -0.4 is 4.74 Å². The minimum absolute atomic E-state index is 0.205. The first kappa shape index (κ1) is 13.3. The van der Waals surface area contributed by atoms with Gasteiger partial charge in [-0.2, -0.15) is 10.2 Å². The quantitative estimate of drug-likeness (QED) is 0.694. The molecule has 0 radical (unpaired) electrons. The fraction of sp³-hybridized carbons (Fsp3) is 0.143. The van der Waals surface area contributed by atoms with E-state index < -0.39 is 0 Å². The van der Waals surface area contributed by atoms with E-state index in [2.05, 4.69) is 21.0 Å². The van der Waals surface area contributed by atoms with Crippen LogP contribution in [-0.4, -0.2) is 26.6 Å². The molecule has 21 heavy (non-hydrogen) atoms. The van der Waals surface area contributed by atoms with E-state index in [0.717, 1.165) is 5.69 Å². The molecular weight excluding hydrogens is 290 g/mol. The summed E-state index contributed by atoms with van der Waals surface area (Å²) >= 11 is 5.99. The molecule has 0 N–H and O–H groups in total. The predicted octanol–water partition coefficient (Wildman–Crippen LogP) is 2.43. The van der Waals surface area contributed by atoms with Crippen LogP contribution in [0.4, 0.5) is 0 Å². The zero-order valence-electron chi connectivity index (χ0n) is 11.1. The van der Waals surface area contributed by atoms with Gasteiger partial charge in [-0.05, 0) is 18.2 Å². The van der Waals surface area contributed by atoms with E-state index in [-0.39, 0.29) is 5.88 Å². The number of rotatable bonds is 3.